The number of rotatable bonds is 4. The topological polar surface area (TPSA) is 66.4 Å². The summed E-state index contributed by atoms with van der Waals surface area (Å²) in [5.41, 5.74) is 4.60. The van der Waals surface area contributed by atoms with Gasteiger partial charge in [0, 0.05) is 19.4 Å². The summed E-state index contributed by atoms with van der Waals surface area (Å²) in [7, 11) is 0. The SMILES string of the molecule is CC(=O)NC[C@H](C)CC1=C2C[C@H]3[C@H]4CC=C5C[C@@H](O)CC[C@]5(C)[C@@H]4CC[C@]3(C)[C@@H]2[C@@H](C)C1=O. The fourth-order valence-electron chi connectivity index (χ4n) is 9.26. The van der Waals surface area contributed by atoms with Gasteiger partial charge in [0.15, 0.2) is 5.78 Å². The molecular formula is C29H43NO3. The summed E-state index contributed by atoms with van der Waals surface area (Å²) in [6.07, 6.45) is 10.8. The molecule has 5 aliphatic carbocycles. The van der Waals surface area contributed by atoms with Gasteiger partial charge in [-0.3, -0.25) is 9.59 Å². The van der Waals surface area contributed by atoms with Crippen molar-refractivity contribution in [2.24, 2.45) is 46.3 Å². The van der Waals surface area contributed by atoms with Crippen LogP contribution in [0.4, 0.5) is 0 Å². The Morgan fingerprint density at radius 1 is 1.21 bits per heavy atom. The number of amides is 1. The van der Waals surface area contributed by atoms with Crippen LogP contribution in [0.5, 0.6) is 0 Å². The van der Waals surface area contributed by atoms with Gasteiger partial charge in [0.25, 0.3) is 0 Å². The molecule has 4 heteroatoms. The Morgan fingerprint density at radius 3 is 2.70 bits per heavy atom. The molecule has 0 aromatic rings. The van der Waals surface area contributed by atoms with E-state index in [1.54, 1.807) is 6.92 Å². The third-order valence-electron chi connectivity index (χ3n) is 10.9. The number of Topliss-reactive ketones (excluding diaryl/α,β-unsaturated/α-hetero) is 1. The lowest BCUT2D eigenvalue weighted by Crippen LogP contribution is -2.51. The summed E-state index contributed by atoms with van der Waals surface area (Å²) in [5, 5.41) is 13.2. The number of carbonyl (C=O) groups is 2. The van der Waals surface area contributed by atoms with Crippen molar-refractivity contribution >= 4 is 11.7 Å². The van der Waals surface area contributed by atoms with Crippen LogP contribution in [0.15, 0.2) is 22.8 Å². The number of aliphatic hydroxyl groups excluding tert-OH is 1. The molecule has 3 fully saturated rings. The maximum atomic E-state index is 13.4. The van der Waals surface area contributed by atoms with Crippen LogP contribution in [0, 0.1) is 46.3 Å². The molecule has 4 nitrogen and oxygen atoms in total. The second kappa shape index (κ2) is 8.07. The quantitative estimate of drug-likeness (QED) is 0.574. The zero-order valence-corrected chi connectivity index (χ0v) is 21.2. The smallest absolute Gasteiger partial charge is 0.216 e. The van der Waals surface area contributed by atoms with Crippen molar-refractivity contribution in [3.63, 3.8) is 0 Å². The lowest BCUT2D eigenvalue weighted by Gasteiger charge is -2.58. The average Bonchev–Trinajstić information content (AvgIpc) is 3.19. The van der Waals surface area contributed by atoms with Gasteiger partial charge in [-0.1, -0.05) is 44.9 Å². The molecule has 5 aliphatic rings. The minimum atomic E-state index is -0.153. The van der Waals surface area contributed by atoms with Crippen molar-refractivity contribution in [3.05, 3.63) is 22.8 Å². The monoisotopic (exact) mass is 453 g/mol. The zero-order chi connectivity index (χ0) is 23.7. The van der Waals surface area contributed by atoms with Crippen molar-refractivity contribution in [3.8, 4) is 0 Å². The molecule has 5 rings (SSSR count). The molecule has 0 spiro atoms. The lowest BCUT2D eigenvalue weighted by atomic mass is 9.47. The first kappa shape index (κ1) is 23.3. The number of fused-ring (bicyclic) bond motifs is 7. The van der Waals surface area contributed by atoms with Gasteiger partial charge < -0.3 is 10.4 Å². The highest BCUT2D eigenvalue weighted by atomic mass is 16.3. The molecule has 0 saturated heterocycles. The summed E-state index contributed by atoms with van der Waals surface area (Å²) < 4.78 is 0. The largest absolute Gasteiger partial charge is 0.393 e. The molecule has 9 atom stereocenters. The van der Waals surface area contributed by atoms with Crippen molar-refractivity contribution < 1.29 is 14.7 Å². The Labute approximate surface area is 199 Å². The number of aliphatic hydroxyl groups is 1. The summed E-state index contributed by atoms with van der Waals surface area (Å²) in [6, 6.07) is 0. The number of carbonyl (C=O) groups excluding carboxylic acids is 2. The van der Waals surface area contributed by atoms with Crippen LogP contribution < -0.4 is 5.32 Å². The Balaban J connectivity index is 1.44. The van der Waals surface area contributed by atoms with E-state index in [0.29, 0.717) is 30.1 Å². The molecule has 1 amide bonds. The zero-order valence-electron chi connectivity index (χ0n) is 21.2. The van der Waals surface area contributed by atoms with Gasteiger partial charge in [-0.15, -0.1) is 0 Å². The maximum Gasteiger partial charge on any atom is 0.216 e. The van der Waals surface area contributed by atoms with Gasteiger partial charge in [0.05, 0.1) is 6.10 Å². The molecule has 2 N–H and O–H groups in total. The first-order valence-electron chi connectivity index (χ1n) is 13.4. The second-order valence-corrected chi connectivity index (χ2v) is 12.8. The Kier molecular flexibility index (Phi) is 5.70. The van der Waals surface area contributed by atoms with Crippen molar-refractivity contribution in [1.29, 1.82) is 0 Å². The first-order valence-corrected chi connectivity index (χ1v) is 13.4. The molecule has 0 radical (unpaired) electrons. The second-order valence-electron chi connectivity index (χ2n) is 12.8. The minimum absolute atomic E-state index is 0.00221. The Morgan fingerprint density at radius 2 is 1.97 bits per heavy atom. The molecule has 0 heterocycles. The van der Waals surface area contributed by atoms with Crippen LogP contribution in [0.3, 0.4) is 0 Å². The third kappa shape index (κ3) is 3.49. The maximum absolute atomic E-state index is 13.4. The fraction of sp³-hybridized carbons (Fsp3) is 0.793. The van der Waals surface area contributed by atoms with E-state index in [2.05, 4.69) is 39.1 Å². The van der Waals surface area contributed by atoms with Crippen molar-refractivity contribution in [2.75, 3.05) is 6.54 Å². The van der Waals surface area contributed by atoms with E-state index < -0.39 is 0 Å². The van der Waals surface area contributed by atoms with Crippen LogP contribution in [-0.4, -0.2) is 29.4 Å². The normalized spacial score (nSPS) is 45.0. The lowest BCUT2D eigenvalue weighted by molar-refractivity contribution is -0.121. The van der Waals surface area contributed by atoms with Crippen LogP contribution in [0.25, 0.3) is 0 Å². The molecule has 0 aromatic carbocycles. The van der Waals surface area contributed by atoms with E-state index in [1.165, 1.54) is 24.0 Å². The predicted octanol–water partition coefficient (Wildman–Crippen LogP) is 5.21. The van der Waals surface area contributed by atoms with Crippen LogP contribution in [0.2, 0.25) is 0 Å². The number of allylic oxidation sites excluding steroid dienone is 3. The molecule has 0 bridgehead atoms. The van der Waals surface area contributed by atoms with Gasteiger partial charge in [-0.2, -0.15) is 0 Å². The molecule has 0 unspecified atom stereocenters. The number of hydrogen-bond donors (Lipinski definition) is 2. The molecular weight excluding hydrogens is 410 g/mol. The standard InChI is InChI=1S/C29H43NO3/c1-16(15-30-18(3)31)12-23-22-14-25-21-7-6-19-13-20(32)8-10-28(19,4)24(21)9-11-29(25,5)26(22)17(2)27(23)33/h6,16-17,20-21,24-26,32H,7-15H2,1-5H3,(H,30,31)/t16-,17-,20+,21+,24-,25+,26-,28+,29+/m1/s1. The first-order chi connectivity index (χ1) is 15.6. The third-order valence-corrected chi connectivity index (χ3v) is 10.9. The van der Waals surface area contributed by atoms with E-state index in [0.717, 1.165) is 50.0 Å². The van der Waals surface area contributed by atoms with E-state index in [9.17, 15) is 14.7 Å². The fourth-order valence-corrected chi connectivity index (χ4v) is 9.26. The van der Waals surface area contributed by atoms with Gasteiger partial charge in [0.1, 0.15) is 0 Å². The van der Waals surface area contributed by atoms with E-state index >= 15 is 0 Å². The number of nitrogens with one attached hydrogen (secondary N) is 1. The van der Waals surface area contributed by atoms with Crippen molar-refractivity contribution in [1.82, 2.24) is 5.32 Å². The van der Waals surface area contributed by atoms with Gasteiger partial charge in [0.2, 0.25) is 5.91 Å². The van der Waals surface area contributed by atoms with Crippen LogP contribution in [0.1, 0.15) is 86.0 Å². The van der Waals surface area contributed by atoms with Crippen LogP contribution in [-0.2, 0) is 9.59 Å². The van der Waals surface area contributed by atoms with Crippen molar-refractivity contribution in [2.45, 2.75) is 92.1 Å². The highest BCUT2D eigenvalue weighted by Crippen LogP contribution is 2.70. The number of hydrogen-bond acceptors (Lipinski definition) is 3. The van der Waals surface area contributed by atoms with Gasteiger partial charge >= 0.3 is 0 Å². The predicted molar refractivity (Wildman–Crippen MR) is 130 cm³/mol. The van der Waals surface area contributed by atoms with E-state index in [4.69, 9.17) is 0 Å². The van der Waals surface area contributed by atoms with Gasteiger partial charge in [-0.05, 0) is 97.4 Å². The van der Waals surface area contributed by atoms with E-state index in [-0.39, 0.29) is 34.7 Å². The van der Waals surface area contributed by atoms with Gasteiger partial charge in [-0.25, -0.2) is 0 Å². The molecule has 182 valence electrons. The average molecular weight is 454 g/mol. The molecule has 33 heavy (non-hydrogen) atoms. The Hall–Kier alpha value is -1.42. The minimum Gasteiger partial charge on any atom is -0.393 e. The molecule has 0 aliphatic heterocycles. The number of ketones is 1. The van der Waals surface area contributed by atoms with Crippen LogP contribution >= 0.6 is 0 Å². The molecule has 0 aromatic heterocycles. The molecule has 3 saturated carbocycles. The summed E-state index contributed by atoms with van der Waals surface area (Å²) in [6.45, 7) is 11.5. The highest BCUT2D eigenvalue weighted by Gasteiger charge is 2.63. The van der Waals surface area contributed by atoms with E-state index in [1.807, 2.05) is 0 Å². The Bertz CT molecular complexity index is 918. The summed E-state index contributed by atoms with van der Waals surface area (Å²) in [5.74, 6) is 3.25. The summed E-state index contributed by atoms with van der Waals surface area (Å²) in [4.78, 5) is 24.7. The summed E-state index contributed by atoms with van der Waals surface area (Å²) >= 11 is 0. The highest BCUT2D eigenvalue weighted by molar-refractivity contribution is 6.01.